The van der Waals surface area contributed by atoms with Gasteiger partial charge in [0.05, 0.1) is 30.9 Å². The quantitative estimate of drug-likeness (QED) is 0.443. The van der Waals surface area contributed by atoms with Gasteiger partial charge in [-0.3, -0.25) is 14.2 Å². The van der Waals surface area contributed by atoms with Gasteiger partial charge >= 0.3 is 5.97 Å². The lowest BCUT2D eigenvalue weighted by Crippen LogP contribution is -2.57. The lowest BCUT2D eigenvalue weighted by Gasteiger charge is -2.47. The number of piperidine rings is 1. The van der Waals surface area contributed by atoms with Crippen molar-refractivity contribution in [2.45, 2.75) is 119 Å². The topological polar surface area (TPSA) is 96.7 Å². The predicted molar refractivity (Wildman–Crippen MR) is 158 cm³/mol. The number of aromatic nitrogens is 2. The van der Waals surface area contributed by atoms with Crippen molar-refractivity contribution in [3.63, 3.8) is 0 Å². The third-order valence-electron chi connectivity index (χ3n) is 10.5. The first-order chi connectivity index (χ1) is 19.2. The molecule has 222 valence electrons. The molecule has 10 heteroatoms. The number of halogens is 1. The first kappa shape index (κ1) is 29.0. The van der Waals surface area contributed by atoms with Crippen LogP contribution >= 0.6 is 23.4 Å². The zero-order chi connectivity index (χ0) is 28.1. The van der Waals surface area contributed by atoms with E-state index in [-0.39, 0.29) is 40.3 Å². The Labute approximate surface area is 247 Å². The van der Waals surface area contributed by atoms with Gasteiger partial charge in [-0.1, -0.05) is 0 Å². The Balaban J connectivity index is 1.14. The molecular formula is C30H45ClN4O4S. The molecule has 1 aromatic heterocycles. The van der Waals surface area contributed by atoms with E-state index in [1.807, 2.05) is 23.3 Å². The number of aryl methyl sites for hydroxylation is 2. The fourth-order valence-corrected chi connectivity index (χ4v) is 10.3. The average Bonchev–Trinajstić information content (AvgIpc) is 3.69. The molecule has 0 aromatic carbocycles. The highest BCUT2D eigenvalue weighted by Crippen LogP contribution is 2.48. The number of rotatable bonds is 8. The average molecular weight is 593 g/mol. The van der Waals surface area contributed by atoms with Crippen molar-refractivity contribution in [1.82, 2.24) is 19.8 Å². The minimum absolute atomic E-state index is 0.00168. The summed E-state index contributed by atoms with van der Waals surface area (Å²) in [4.78, 5) is 32.9. The molecule has 2 saturated heterocycles. The van der Waals surface area contributed by atoms with Gasteiger partial charge in [-0.05, 0) is 90.5 Å². The second-order valence-electron chi connectivity index (χ2n) is 13.1. The van der Waals surface area contributed by atoms with Crippen molar-refractivity contribution < 1.29 is 14.6 Å². The molecule has 9 unspecified atom stereocenters. The second kappa shape index (κ2) is 11.9. The third kappa shape index (κ3) is 5.75. The Morgan fingerprint density at radius 1 is 1.20 bits per heavy atom. The molecule has 40 heavy (non-hydrogen) atoms. The molecule has 0 spiro atoms. The number of nitrogens with one attached hydrogen (secondary N) is 1. The molecule has 2 saturated carbocycles. The van der Waals surface area contributed by atoms with Crippen LogP contribution in [0.15, 0.2) is 4.79 Å². The van der Waals surface area contributed by atoms with Crippen LogP contribution in [-0.2, 0) is 28.9 Å². The van der Waals surface area contributed by atoms with E-state index in [1.165, 1.54) is 12.8 Å². The number of hydrogen-bond donors (Lipinski definition) is 2. The maximum atomic E-state index is 13.6. The zero-order valence-electron chi connectivity index (χ0n) is 24.1. The van der Waals surface area contributed by atoms with E-state index >= 15 is 0 Å². The zero-order valence-corrected chi connectivity index (χ0v) is 25.6. The molecule has 9 atom stereocenters. The van der Waals surface area contributed by atoms with E-state index in [9.17, 15) is 14.7 Å². The maximum absolute atomic E-state index is 13.6. The van der Waals surface area contributed by atoms with E-state index in [4.69, 9.17) is 21.3 Å². The number of alkyl halides is 1. The lowest BCUT2D eigenvalue weighted by atomic mass is 9.70. The van der Waals surface area contributed by atoms with Crippen LogP contribution in [-0.4, -0.2) is 85.8 Å². The van der Waals surface area contributed by atoms with Crippen molar-refractivity contribution in [2.75, 3.05) is 19.4 Å². The van der Waals surface area contributed by atoms with E-state index in [0.717, 1.165) is 62.0 Å². The highest BCUT2D eigenvalue weighted by molar-refractivity contribution is 8.00. The standard InChI is InChI=1S/C30H45ClN4O4S/c1-16-12-22(28-27(32-16)24(15-40-28)30(37)38)21-13-18(31)4-9-26(21)39-11-10-35-17(2)33-25-8-7-20(14-23(25)29(35)36)34(3)19-5-6-19/h16,18-22,24,26-28,32H,4-15H2,1-3H3,(H,37,38). The number of fused-ring (bicyclic) bond motifs is 2. The minimum Gasteiger partial charge on any atom is -0.481 e. The van der Waals surface area contributed by atoms with Crippen LogP contribution in [0, 0.1) is 24.7 Å². The summed E-state index contributed by atoms with van der Waals surface area (Å²) < 4.78 is 8.44. The van der Waals surface area contributed by atoms with Crippen LogP contribution in [0.4, 0.5) is 0 Å². The van der Waals surface area contributed by atoms with Crippen LogP contribution in [0.3, 0.4) is 0 Å². The summed E-state index contributed by atoms with van der Waals surface area (Å²) in [5.41, 5.74) is 2.00. The van der Waals surface area contributed by atoms with Gasteiger partial charge in [-0.25, -0.2) is 4.98 Å². The number of likely N-dealkylation sites (N-methyl/N-ethyl adjacent to an activating group) is 1. The fourth-order valence-electron chi connectivity index (χ4n) is 8.11. The van der Waals surface area contributed by atoms with E-state index < -0.39 is 5.97 Å². The number of carboxylic acid groups (broad SMARTS) is 1. The fraction of sp³-hybridized carbons (Fsp3) is 0.833. The molecule has 0 radical (unpaired) electrons. The van der Waals surface area contributed by atoms with Crippen LogP contribution < -0.4 is 10.9 Å². The maximum Gasteiger partial charge on any atom is 0.308 e. The summed E-state index contributed by atoms with van der Waals surface area (Å²) in [6.07, 6.45) is 9.13. The SMILES string of the molecule is Cc1nc2c(c(=O)n1CCOC1CCC(Cl)CC1C1CC(C)NC3C(C(=O)O)CSC13)CC(N(C)C1CC1)CC2. The lowest BCUT2D eigenvalue weighted by molar-refractivity contribution is -0.142. The van der Waals surface area contributed by atoms with E-state index in [1.54, 1.807) is 0 Å². The van der Waals surface area contributed by atoms with Gasteiger partial charge < -0.3 is 20.1 Å². The number of carboxylic acids is 1. The molecular weight excluding hydrogens is 548 g/mol. The van der Waals surface area contributed by atoms with Gasteiger partial charge in [0.25, 0.3) is 5.56 Å². The van der Waals surface area contributed by atoms with Gasteiger partial charge in [0.2, 0.25) is 0 Å². The van der Waals surface area contributed by atoms with Gasteiger partial charge in [0.15, 0.2) is 0 Å². The molecule has 0 amide bonds. The Bertz CT molecular complexity index is 1160. The molecule has 5 aliphatic rings. The van der Waals surface area contributed by atoms with Gasteiger partial charge in [0, 0.05) is 46.1 Å². The Morgan fingerprint density at radius 3 is 2.75 bits per heavy atom. The van der Waals surface area contributed by atoms with Crippen LogP contribution in [0.25, 0.3) is 0 Å². The second-order valence-corrected chi connectivity index (χ2v) is 14.9. The molecule has 2 N–H and O–H groups in total. The smallest absolute Gasteiger partial charge is 0.308 e. The molecule has 4 fully saturated rings. The molecule has 1 aromatic rings. The van der Waals surface area contributed by atoms with Gasteiger partial charge in [-0.15, -0.1) is 11.6 Å². The summed E-state index contributed by atoms with van der Waals surface area (Å²) in [5, 5.41) is 13.8. The number of nitrogens with zero attached hydrogens (tertiary/aromatic N) is 3. The van der Waals surface area contributed by atoms with Crippen molar-refractivity contribution in [1.29, 1.82) is 0 Å². The van der Waals surface area contributed by atoms with Crippen LogP contribution in [0.5, 0.6) is 0 Å². The largest absolute Gasteiger partial charge is 0.481 e. The number of aliphatic carboxylic acids is 1. The number of hydrogen-bond acceptors (Lipinski definition) is 7. The Kier molecular flexibility index (Phi) is 8.59. The molecule has 3 aliphatic carbocycles. The van der Waals surface area contributed by atoms with Gasteiger partial charge in [-0.2, -0.15) is 11.8 Å². The Hall–Kier alpha value is -1.13. The highest BCUT2D eigenvalue weighted by Gasteiger charge is 2.51. The monoisotopic (exact) mass is 592 g/mol. The molecule has 0 bridgehead atoms. The van der Waals surface area contributed by atoms with E-state index in [0.29, 0.717) is 42.8 Å². The summed E-state index contributed by atoms with van der Waals surface area (Å²) in [6, 6.07) is 1.39. The summed E-state index contributed by atoms with van der Waals surface area (Å²) >= 11 is 8.54. The van der Waals surface area contributed by atoms with E-state index in [2.05, 4.69) is 24.2 Å². The normalized spacial score (nSPS) is 37.8. The van der Waals surface area contributed by atoms with Crippen LogP contribution in [0.1, 0.15) is 69.0 Å². The molecule has 6 rings (SSSR count). The van der Waals surface area contributed by atoms with Crippen molar-refractivity contribution in [3.8, 4) is 0 Å². The summed E-state index contributed by atoms with van der Waals surface area (Å²) in [7, 11) is 2.21. The number of carbonyl (C=O) groups is 1. The van der Waals surface area contributed by atoms with Crippen molar-refractivity contribution >= 4 is 29.3 Å². The Morgan fingerprint density at radius 2 is 2.00 bits per heavy atom. The number of thioether (sulfide) groups is 1. The summed E-state index contributed by atoms with van der Waals surface area (Å²) in [5.74, 6) is 1.07. The van der Waals surface area contributed by atoms with Crippen molar-refractivity contribution in [2.24, 2.45) is 17.8 Å². The van der Waals surface area contributed by atoms with Crippen molar-refractivity contribution in [3.05, 3.63) is 27.4 Å². The minimum atomic E-state index is -0.697. The first-order valence-electron chi connectivity index (χ1n) is 15.4. The first-order valence-corrected chi connectivity index (χ1v) is 16.9. The third-order valence-corrected chi connectivity index (χ3v) is 12.4. The molecule has 3 heterocycles. The highest BCUT2D eigenvalue weighted by atomic mass is 35.5. The number of ether oxygens (including phenoxy) is 1. The molecule has 2 aliphatic heterocycles. The van der Waals surface area contributed by atoms with Gasteiger partial charge in [0.1, 0.15) is 5.82 Å². The predicted octanol–water partition coefficient (Wildman–Crippen LogP) is 3.48. The summed E-state index contributed by atoms with van der Waals surface area (Å²) in [6.45, 7) is 5.10. The molecule has 8 nitrogen and oxygen atoms in total. The van der Waals surface area contributed by atoms with Crippen LogP contribution in [0.2, 0.25) is 0 Å².